The van der Waals surface area contributed by atoms with E-state index in [1.54, 1.807) is 12.1 Å². The normalized spacial score (nSPS) is 35.0. The average Bonchev–Trinajstić information content (AvgIpc) is 2.97. The number of nitrogens with one attached hydrogen (secondary N) is 1. The molecule has 1 aromatic rings. The van der Waals surface area contributed by atoms with E-state index in [1.165, 1.54) is 24.3 Å². The summed E-state index contributed by atoms with van der Waals surface area (Å²) in [7, 11) is 0. The van der Waals surface area contributed by atoms with Gasteiger partial charge in [0.1, 0.15) is 5.82 Å². The van der Waals surface area contributed by atoms with Crippen molar-refractivity contribution >= 4 is 11.8 Å². The monoisotopic (exact) mass is 255 g/mol. The number of nitriles is 2. The number of hydrogen-bond donors (Lipinski definition) is 1. The zero-order chi connectivity index (χ0) is 13.8. The number of fused-ring (bicyclic) bond motifs is 1. The number of imide groups is 1. The third-order valence-corrected chi connectivity index (χ3v) is 3.90. The molecule has 1 heterocycles. The third-order valence-electron chi connectivity index (χ3n) is 3.90. The zero-order valence-electron chi connectivity index (χ0n) is 9.48. The van der Waals surface area contributed by atoms with E-state index < -0.39 is 34.4 Å². The first-order valence-corrected chi connectivity index (χ1v) is 5.48. The number of nitrogens with zero attached hydrogens (tertiary/aromatic N) is 2. The number of carbonyl (C=O) groups is 2. The molecule has 19 heavy (non-hydrogen) atoms. The summed E-state index contributed by atoms with van der Waals surface area (Å²) in [6.45, 7) is 0. The number of piperidine rings is 1. The SMILES string of the molecule is N#C[C@]12C(=O)NC(=O)[C@]1(C#N)C2c1ccc(F)cc1. The molecule has 92 valence electrons. The molecule has 0 spiro atoms. The minimum absolute atomic E-state index is 0.438. The van der Waals surface area contributed by atoms with Gasteiger partial charge in [-0.2, -0.15) is 10.5 Å². The Morgan fingerprint density at radius 1 is 1.05 bits per heavy atom. The Balaban J connectivity index is 2.18. The molecule has 1 aliphatic carbocycles. The molecule has 2 atom stereocenters. The minimum atomic E-state index is -1.68. The quantitative estimate of drug-likeness (QED) is 0.743. The van der Waals surface area contributed by atoms with Gasteiger partial charge in [-0.3, -0.25) is 14.9 Å². The van der Waals surface area contributed by atoms with Crippen molar-refractivity contribution in [2.45, 2.75) is 5.92 Å². The molecule has 1 saturated carbocycles. The predicted molar refractivity (Wildman–Crippen MR) is 58.4 cm³/mol. The number of rotatable bonds is 1. The molecular formula is C13H6FN3O2. The van der Waals surface area contributed by atoms with Crippen molar-refractivity contribution in [3.63, 3.8) is 0 Å². The maximum Gasteiger partial charge on any atom is 0.250 e. The van der Waals surface area contributed by atoms with Gasteiger partial charge in [-0.05, 0) is 17.7 Å². The maximum absolute atomic E-state index is 12.9. The lowest BCUT2D eigenvalue weighted by Gasteiger charge is -2.07. The molecule has 0 aromatic heterocycles. The van der Waals surface area contributed by atoms with E-state index in [1.807, 2.05) is 5.32 Å². The van der Waals surface area contributed by atoms with Gasteiger partial charge >= 0.3 is 0 Å². The number of hydrogen-bond acceptors (Lipinski definition) is 4. The number of halogens is 1. The maximum atomic E-state index is 12.9. The first-order valence-electron chi connectivity index (χ1n) is 5.48. The molecule has 0 radical (unpaired) electrons. The molecule has 2 aliphatic rings. The molecule has 1 aromatic carbocycles. The Morgan fingerprint density at radius 2 is 1.53 bits per heavy atom. The fourth-order valence-electron chi connectivity index (χ4n) is 2.96. The molecule has 3 rings (SSSR count). The summed E-state index contributed by atoms with van der Waals surface area (Å²) in [5, 5.41) is 20.5. The molecule has 1 saturated heterocycles. The minimum Gasteiger partial charge on any atom is -0.293 e. The highest BCUT2D eigenvalue weighted by Crippen LogP contribution is 2.76. The predicted octanol–water partition coefficient (Wildman–Crippen LogP) is 0.599. The van der Waals surface area contributed by atoms with Crippen molar-refractivity contribution in [3.05, 3.63) is 35.6 Å². The first-order chi connectivity index (χ1) is 9.04. The van der Waals surface area contributed by atoms with Crippen LogP contribution in [0, 0.1) is 39.3 Å². The van der Waals surface area contributed by atoms with E-state index in [9.17, 15) is 24.5 Å². The van der Waals surface area contributed by atoms with Gasteiger partial charge in [-0.25, -0.2) is 4.39 Å². The van der Waals surface area contributed by atoms with E-state index in [-0.39, 0.29) is 0 Å². The summed E-state index contributed by atoms with van der Waals surface area (Å²) >= 11 is 0. The molecule has 0 unspecified atom stereocenters. The van der Waals surface area contributed by atoms with E-state index in [4.69, 9.17) is 0 Å². The Kier molecular flexibility index (Phi) is 1.90. The Morgan fingerprint density at radius 3 is 1.95 bits per heavy atom. The Hall–Kier alpha value is -2.73. The second-order valence-electron chi connectivity index (χ2n) is 4.61. The third kappa shape index (κ3) is 0.984. The van der Waals surface area contributed by atoms with Crippen molar-refractivity contribution in [1.29, 1.82) is 10.5 Å². The van der Waals surface area contributed by atoms with Crippen LogP contribution in [0.2, 0.25) is 0 Å². The molecule has 0 bridgehead atoms. The van der Waals surface area contributed by atoms with Crippen molar-refractivity contribution in [1.82, 2.24) is 5.32 Å². The summed E-state index contributed by atoms with van der Waals surface area (Å²) < 4.78 is 12.9. The van der Waals surface area contributed by atoms with Gasteiger partial charge in [0.15, 0.2) is 10.8 Å². The van der Waals surface area contributed by atoms with Crippen LogP contribution in [0.5, 0.6) is 0 Å². The van der Waals surface area contributed by atoms with Gasteiger partial charge in [-0.1, -0.05) is 12.1 Å². The van der Waals surface area contributed by atoms with Gasteiger partial charge in [0, 0.05) is 5.92 Å². The van der Waals surface area contributed by atoms with E-state index in [0.29, 0.717) is 5.56 Å². The van der Waals surface area contributed by atoms with Crippen molar-refractivity contribution < 1.29 is 14.0 Å². The van der Waals surface area contributed by atoms with Gasteiger partial charge < -0.3 is 0 Å². The van der Waals surface area contributed by atoms with Crippen LogP contribution in [0.1, 0.15) is 11.5 Å². The fraction of sp³-hybridized carbons (Fsp3) is 0.231. The molecular weight excluding hydrogens is 249 g/mol. The standard InChI is InChI=1S/C13H6FN3O2/c14-8-3-1-7(2-4-8)9-12(5-15)10(18)17-11(19)13(9,12)6-16/h1-4,9H,(H,17,18,19)/t12-,13-/m0/s1. The van der Waals surface area contributed by atoms with E-state index in [2.05, 4.69) is 0 Å². The zero-order valence-corrected chi connectivity index (χ0v) is 9.48. The van der Waals surface area contributed by atoms with Crippen LogP contribution in [0.25, 0.3) is 0 Å². The van der Waals surface area contributed by atoms with Crippen molar-refractivity contribution in [2.75, 3.05) is 0 Å². The highest BCUT2D eigenvalue weighted by atomic mass is 19.1. The van der Waals surface area contributed by atoms with Crippen LogP contribution in [0.3, 0.4) is 0 Å². The van der Waals surface area contributed by atoms with Crippen LogP contribution < -0.4 is 5.32 Å². The second-order valence-corrected chi connectivity index (χ2v) is 4.61. The largest absolute Gasteiger partial charge is 0.293 e. The number of benzene rings is 1. The van der Waals surface area contributed by atoms with Gasteiger partial charge in [0.2, 0.25) is 11.8 Å². The van der Waals surface area contributed by atoms with E-state index >= 15 is 0 Å². The van der Waals surface area contributed by atoms with Crippen LogP contribution in [-0.2, 0) is 9.59 Å². The van der Waals surface area contributed by atoms with Crippen LogP contribution in [-0.4, -0.2) is 11.8 Å². The summed E-state index contributed by atoms with van der Waals surface area (Å²) in [5.74, 6) is -2.81. The van der Waals surface area contributed by atoms with Crippen LogP contribution in [0.4, 0.5) is 4.39 Å². The van der Waals surface area contributed by atoms with Crippen LogP contribution >= 0.6 is 0 Å². The average molecular weight is 255 g/mol. The first kappa shape index (κ1) is 11.4. The molecule has 2 fully saturated rings. The Bertz CT molecular complexity index is 662. The molecule has 2 amide bonds. The summed E-state index contributed by atoms with van der Waals surface area (Å²) in [4.78, 5) is 23.6. The molecule has 1 aliphatic heterocycles. The fourth-order valence-corrected chi connectivity index (χ4v) is 2.96. The van der Waals surface area contributed by atoms with E-state index in [0.717, 1.165) is 0 Å². The smallest absolute Gasteiger partial charge is 0.250 e. The van der Waals surface area contributed by atoms with Gasteiger partial charge in [0.25, 0.3) is 0 Å². The topological polar surface area (TPSA) is 93.8 Å². The highest BCUT2D eigenvalue weighted by molar-refractivity contribution is 6.19. The Labute approximate surface area is 107 Å². The molecule has 5 nitrogen and oxygen atoms in total. The second kappa shape index (κ2) is 3.18. The molecule has 6 heteroatoms. The van der Waals surface area contributed by atoms with Crippen LogP contribution in [0.15, 0.2) is 24.3 Å². The van der Waals surface area contributed by atoms with Crippen molar-refractivity contribution in [2.24, 2.45) is 10.8 Å². The summed E-state index contributed by atoms with van der Waals surface area (Å²) in [6, 6.07) is 8.71. The van der Waals surface area contributed by atoms with Gasteiger partial charge in [0.05, 0.1) is 12.1 Å². The number of amides is 2. The summed E-state index contributed by atoms with van der Waals surface area (Å²) in [5.41, 5.74) is -2.93. The lowest BCUT2D eigenvalue weighted by atomic mass is 9.98. The summed E-state index contributed by atoms with van der Waals surface area (Å²) in [6.07, 6.45) is 0. The lowest BCUT2D eigenvalue weighted by molar-refractivity contribution is -0.128. The van der Waals surface area contributed by atoms with Gasteiger partial charge in [-0.15, -0.1) is 0 Å². The highest BCUT2D eigenvalue weighted by Gasteiger charge is 2.90. The van der Waals surface area contributed by atoms with Crippen molar-refractivity contribution in [3.8, 4) is 12.1 Å². The lowest BCUT2D eigenvalue weighted by Crippen LogP contribution is -2.31. The molecule has 1 N–H and O–H groups in total. The number of carbonyl (C=O) groups excluding carboxylic acids is 2.